The summed E-state index contributed by atoms with van der Waals surface area (Å²) >= 11 is 12.3. The molecule has 10 nitrogen and oxygen atoms in total. The summed E-state index contributed by atoms with van der Waals surface area (Å²) in [7, 11) is 0. The van der Waals surface area contributed by atoms with Crippen molar-refractivity contribution in [1.29, 1.82) is 0 Å². The van der Waals surface area contributed by atoms with Gasteiger partial charge in [0.2, 0.25) is 17.5 Å². The second-order valence-corrected chi connectivity index (χ2v) is 9.07. The van der Waals surface area contributed by atoms with E-state index in [4.69, 9.17) is 39.4 Å². The number of nitrogens with two attached hydrogens (primary N) is 2. The predicted molar refractivity (Wildman–Crippen MR) is 142 cm³/mol. The van der Waals surface area contributed by atoms with Crippen molar-refractivity contribution in [2.45, 2.75) is 31.7 Å². The Balaban J connectivity index is 0.00000507. The van der Waals surface area contributed by atoms with Crippen molar-refractivity contribution in [2.75, 3.05) is 13.2 Å². The Morgan fingerprint density at radius 3 is 2.61 bits per heavy atom. The van der Waals surface area contributed by atoms with Crippen LogP contribution < -0.4 is 43.9 Å². The quantitative estimate of drug-likeness (QED) is 0.129. The number of H-pyrrole nitrogens is 1. The van der Waals surface area contributed by atoms with Crippen molar-refractivity contribution < 1.29 is 31.4 Å². The minimum absolute atomic E-state index is 0. The highest BCUT2D eigenvalue weighted by Crippen LogP contribution is 2.25. The molecule has 3 rings (SSSR count). The van der Waals surface area contributed by atoms with Crippen LogP contribution in [0.2, 0.25) is 10.0 Å². The van der Waals surface area contributed by atoms with E-state index < -0.39 is 11.9 Å². The molecule has 2 heterocycles. The number of primary amides is 1. The van der Waals surface area contributed by atoms with Crippen LogP contribution in [0.3, 0.4) is 0 Å². The van der Waals surface area contributed by atoms with Crippen LogP contribution in [0.25, 0.3) is 16.9 Å². The molecule has 2 aromatic heterocycles. The predicted octanol–water partition coefficient (Wildman–Crippen LogP) is -0.407. The molecule has 2 amide bonds. The molecule has 0 radical (unpaired) electrons. The maximum absolute atomic E-state index is 12.4. The number of carbonyl (C=O) groups excluding carboxylic acids is 2. The van der Waals surface area contributed by atoms with Crippen LogP contribution >= 0.6 is 23.2 Å². The highest BCUT2D eigenvalue weighted by atomic mass is 35.5. The molecule has 204 valence electrons. The Bertz CT molecular complexity index is 1240. The van der Waals surface area contributed by atoms with Crippen molar-refractivity contribution in [3.05, 3.63) is 71.2 Å². The fourth-order valence-corrected chi connectivity index (χ4v) is 3.80. The summed E-state index contributed by atoms with van der Waals surface area (Å²) in [4.78, 5) is 28.3. The number of hydrogen-bond acceptors (Lipinski definition) is 6. The summed E-state index contributed by atoms with van der Waals surface area (Å²) in [5.74, 6) is -0.0167. The van der Waals surface area contributed by atoms with Crippen LogP contribution in [0.1, 0.15) is 25.7 Å². The van der Waals surface area contributed by atoms with Crippen LogP contribution in [0.4, 0.5) is 0 Å². The highest BCUT2D eigenvalue weighted by molar-refractivity contribution is 6.42. The molecule has 7 N–H and O–H groups in total. The number of ether oxygens (including phenoxy) is 1. The molecule has 0 fully saturated rings. The summed E-state index contributed by atoms with van der Waals surface area (Å²) in [6, 6.07) is 10.1. The molecule has 0 spiro atoms. The molecule has 0 bridgehead atoms. The molecule has 3 aromatic rings. The van der Waals surface area contributed by atoms with Crippen molar-refractivity contribution >= 4 is 35.0 Å². The highest BCUT2D eigenvalue weighted by Gasteiger charge is 2.23. The normalized spacial score (nSPS) is 11.2. The molecule has 0 aliphatic heterocycles. The van der Waals surface area contributed by atoms with Crippen molar-refractivity contribution in [3.8, 4) is 22.8 Å². The molecule has 0 saturated carbocycles. The minimum atomic E-state index is -0.759. The smallest absolute Gasteiger partial charge is 0.399 e. The summed E-state index contributed by atoms with van der Waals surface area (Å²) < 4.78 is 7.74. The van der Waals surface area contributed by atoms with Gasteiger partial charge in [-0.3, -0.25) is 14.6 Å². The molecular formula is C25H30Cl3N7O3. The number of nitrogens with one attached hydrogen (secondary N) is 3. The summed E-state index contributed by atoms with van der Waals surface area (Å²) in [5, 5.41) is 9.67. The van der Waals surface area contributed by atoms with E-state index in [-0.39, 0.29) is 31.3 Å². The molecule has 1 atom stereocenters. The van der Waals surface area contributed by atoms with Gasteiger partial charge in [-0.05, 0) is 42.1 Å². The Morgan fingerprint density at radius 2 is 1.95 bits per heavy atom. The molecule has 1 aromatic carbocycles. The number of rotatable bonds is 14. The zero-order chi connectivity index (χ0) is 26.8. The first-order valence-corrected chi connectivity index (χ1v) is 12.4. The van der Waals surface area contributed by atoms with Gasteiger partial charge in [0.05, 0.1) is 28.5 Å². The summed E-state index contributed by atoms with van der Waals surface area (Å²) in [6.45, 7) is 4.32. The third-order valence-electron chi connectivity index (χ3n) is 5.35. The Morgan fingerprint density at radius 1 is 1.16 bits per heavy atom. The first kappa shape index (κ1) is 30.8. The number of halogens is 3. The molecule has 13 heteroatoms. The molecule has 0 unspecified atom stereocenters. The maximum atomic E-state index is 12.4. The van der Waals surface area contributed by atoms with Crippen LogP contribution in [-0.4, -0.2) is 41.1 Å². The molecular weight excluding hydrogens is 553 g/mol. The summed E-state index contributed by atoms with van der Waals surface area (Å²) in [5.41, 5.74) is 13.2. The van der Waals surface area contributed by atoms with E-state index in [0.29, 0.717) is 53.2 Å². The number of amides is 2. The van der Waals surface area contributed by atoms with Gasteiger partial charge in [0, 0.05) is 43.1 Å². The van der Waals surface area contributed by atoms with E-state index >= 15 is 0 Å². The van der Waals surface area contributed by atoms with Crippen molar-refractivity contribution in [3.63, 3.8) is 0 Å². The van der Waals surface area contributed by atoms with Crippen molar-refractivity contribution in [1.82, 2.24) is 20.7 Å². The standard InChI is InChI=1S/C25H29Cl2N7O3.ClH/c1-16(28)31-11-3-6-21(25(29)36)32-23(35)7-4-12-37-24-14-22(17-5-2-10-30-15-17)33-34(24)18-8-9-19(26)20(27)13-18;/h2,5,8-10,13-15,21,31H,1,3-4,6-7,11-12,28H2,(H3,29,32,35,36);1H/t21-;/m0./s1. The lowest BCUT2D eigenvalue weighted by molar-refractivity contribution is -0.660. The van der Waals surface area contributed by atoms with Gasteiger partial charge in [0.1, 0.15) is 11.7 Å². The fourth-order valence-electron chi connectivity index (χ4n) is 3.50. The number of pyridine rings is 1. The Hall–Kier alpha value is -3.47. The average Bonchev–Trinajstić information content (AvgIpc) is 3.30. The van der Waals surface area contributed by atoms with Gasteiger partial charge in [-0.1, -0.05) is 29.8 Å². The Kier molecular flexibility index (Phi) is 12.2. The minimum Gasteiger partial charge on any atom is -1.00 e. The first-order valence-electron chi connectivity index (χ1n) is 11.6. The van der Waals surface area contributed by atoms with Gasteiger partial charge in [0.25, 0.3) is 0 Å². The van der Waals surface area contributed by atoms with Gasteiger partial charge in [-0.25, -0.2) is 0 Å². The van der Waals surface area contributed by atoms with Crippen molar-refractivity contribution in [2.24, 2.45) is 11.5 Å². The number of nitrogens with zero attached hydrogens (tertiary/aromatic N) is 2. The fraction of sp³-hybridized carbons (Fsp3) is 0.280. The lowest BCUT2D eigenvalue weighted by Crippen LogP contribution is -3.00. The Labute approximate surface area is 237 Å². The van der Waals surface area contributed by atoms with Gasteiger partial charge in [-0.2, -0.15) is 5.10 Å². The van der Waals surface area contributed by atoms with Gasteiger partial charge in [0.15, 0.2) is 0 Å². The van der Waals surface area contributed by atoms with Crippen LogP contribution in [0, 0.1) is 0 Å². The van der Waals surface area contributed by atoms with Crippen LogP contribution in [0.5, 0.6) is 5.88 Å². The van der Waals surface area contributed by atoms with Gasteiger partial charge in [-0.15, -0.1) is 0 Å². The van der Waals surface area contributed by atoms with E-state index in [0.717, 1.165) is 11.3 Å². The second-order valence-electron chi connectivity index (χ2n) is 8.25. The largest absolute Gasteiger partial charge is 1.00 e. The lowest BCUT2D eigenvalue weighted by Gasteiger charge is -2.15. The third-order valence-corrected chi connectivity index (χ3v) is 6.09. The van der Waals surface area contributed by atoms with E-state index in [2.05, 4.69) is 27.3 Å². The number of aromatic amines is 1. The van der Waals surface area contributed by atoms with E-state index in [1.54, 1.807) is 35.3 Å². The third kappa shape index (κ3) is 9.13. The monoisotopic (exact) mass is 581 g/mol. The second kappa shape index (κ2) is 15.1. The lowest BCUT2D eigenvalue weighted by atomic mass is 10.1. The van der Waals surface area contributed by atoms with Gasteiger partial charge < -0.3 is 39.2 Å². The molecule has 38 heavy (non-hydrogen) atoms. The summed E-state index contributed by atoms with van der Waals surface area (Å²) in [6.07, 6.45) is 4.99. The average molecular weight is 583 g/mol. The van der Waals surface area contributed by atoms with E-state index in [1.807, 2.05) is 18.2 Å². The van der Waals surface area contributed by atoms with Crippen LogP contribution in [0.15, 0.2) is 61.2 Å². The topological polar surface area (TPSA) is 152 Å². The molecule has 0 aliphatic rings. The van der Waals surface area contributed by atoms with E-state index in [1.165, 1.54) is 0 Å². The molecule has 0 saturated heterocycles. The van der Waals surface area contributed by atoms with E-state index in [9.17, 15) is 9.59 Å². The number of benzene rings is 1. The zero-order valence-electron chi connectivity index (χ0n) is 20.6. The molecule has 0 aliphatic carbocycles. The number of aromatic nitrogens is 3. The number of hydrogen-bond donors (Lipinski definition) is 5. The first-order chi connectivity index (χ1) is 17.7. The van der Waals surface area contributed by atoms with Crippen LogP contribution in [-0.2, 0) is 9.59 Å². The SMILES string of the molecule is C=C(N)NCCC[C@H](NC(=O)CCCOc1cc(-c2cccnc2)[nH][n+]1-c1ccc(Cl)c(Cl)c1)C(N)=O.[Cl-]. The number of carbonyl (C=O) groups is 2. The van der Waals surface area contributed by atoms with Gasteiger partial charge >= 0.3 is 5.88 Å². The maximum Gasteiger partial charge on any atom is 0.399 e. The zero-order valence-corrected chi connectivity index (χ0v) is 22.8.